The molecule has 1 rings (SSSR count). The molecule has 1 atom stereocenters. The Morgan fingerprint density at radius 1 is 1.47 bits per heavy atom. The van der Waals surface area contributed by atoms with Crippen LogP contribution in [0.1, 0.15) is 37.9 Å². The van der Waals surface area contributed by atoms with Crippen molar-refractivity contribution in [2.45, 2.75) is 39.3 Å². The van der Waals surface area contributed by atoms with E-state index in [0.29, 0.717) is 6.54 Å². The number of carbonyl (C=O) groups is 1. The third-order valence-corrected chi connectivity index (χ3v) is 3.37. The molecule has 19 heavy (non-hydrogen) atoms. The highest BCUT2D eigenvalue weighted by molar-refractivity contribution is 9.10. The van der Waals surface area contributed by atoms with Crippen LogP contribution >= 0.6 is 15.9 Å². The lowest BCUT2D eigenvalue weighted by molar-refractivity contribution is 0.0524. The molecule has 0 aliphatic heterocycles. The van der Waals surface area contributed by atoms with Crippen LogP contribution in [0, 0.1) is 6.92 Å². The predicted molar refractivity (Wildman–Crippen MR) is 80.0 cm³/mol. The van der Waals surface area contributed by atoms with Gasteiger partial charge in [-0.25, -0.2) is 4.79 Å². The second-order valence-corrected chi connectivity index (χ2v) is 6.35. The average Bonchev–Trinajstić information content (AvgIpc) is 2.27. The molecule has 0 radical (unpaired) electrons. The predicted octanol–water partition coefficient (Wildman–Crippen LogP) is 3.28. The Labute approximate surface area is 122 Å². The number of ether oxygens (including phenoxy) is 1. The fourth-order valence-corrected chi connectivity index (χ4v) is 1.77. The molecular weight excluding hydrogens is 308 g/mol. The van der Waals surface area contributed by atoms with Gasteiger partial charge in [0.2, 0.25) is 0 Å². The van der Waals surface area contributed by atoms with E-state index in [0.717, 1.165) is 15.6 Å². The van der Waals surface area contributed by atoms with Crippen molar-refractivity contribution in [1.29, 1.82) is 0 Å². The summed E-state index contributed by atoms with van der Waals surface area (Å²) in [5.41, 5.74) is 7.64. The van der Waals surface area contributed by atoms with Crippen molar-refractivity contribution >= 4 is 22.0 Å². The monoisotopic (exact) mass is 328 g/mol. The molecule has 1 unspecified atom stereocenters. The fourth-order valence-electron chi connectivity index (χ4n) is 1.52. The number of nitrogens with two attached hydrogens (primary N) is 1. The molecule has 0 aliphatic carbocycles. The fraction of sp³-hybridized carbons (Fsp3) is 0.500. The Morgan fingerprint density at radius 3 is 2.63 bits per heavy atom. The molecule has 1 aromatic carbocycles. The van der Waals surface area contributed by atoms with Crippen molar-refractivity contribution in [1.82, 2.24) is 5.32 Å². The van der Waals surface area contributed by atoms with Crippen molar-refractivity contribution < 1.29 is 9.53 Å². The highest BCUT2D eigenvalue weighted by Crippen LogP contribution is 2.20. The van der Waals surface area contributed by atoms with Crippen LogP contribution in [0.25, 0.3) is 0 Å². The van der Waals surface area contributed by atoms with Gasteiger partial charge in [-0.15, -0.1) is 0 Å². The third kappa shape index (κ3) is 5.61. The van der Waals surface area contributed by atoms with Gasteiger partial charge in [0.1, 0.15) is 5.60 Å². The van der Waals surface area contributed by atoms with E-state index in [2.05, 4.69) is 21.2 Å². The number of hydrogen-bond donors (Lipinski definition) is 2. The molecule has 0 aromatic heterocycles. The summed E-state index contributed by atoms with van der Waals surface area (Å²) < 4.78 is 6.20. The van der Waals surface area contributed by atoms with Gasteiger partial charge in [0.15, 0.2) is 0 Å². The number of carbonyl (C=O) groups excluding carboxylic acids is 1. The zero-order chi connectivity index (χ0) is 14.6. The van der Waals surface area contributed by atoms with E-state index in [9.17, 15) is 4.79 Å². The largest absolute Gasteiger partial charge is 0.444 e. The Hall–Kier alpha value is -1.07. The number of hydrogen-bond acceptors (Lipinski definition) is 3. The molecule has 3 N–H and O–H groups in total. The molecule has 0 saturated carbocycles. The molecule has 1 amide bonds. The first kappa shape index (κ1) is 16.0. The summed E-state index contributed by atoms with van der Waals surface area (Å²) in [4.78, 5) is 11.5. The van der Waals surface area contributed by atoms with Gasteiger partial charge in [-0.2, -0.15) is 0 Å². The second-order valence-electron chi connectivity index (χ2n) is 5.50. The molecular formula is C14H21BrN2O2. The van der Waals surface area contributed by atoms with Gasteiger partial charge in [0.25, 0.3) is 0 Å². The van der Waals surface area contributed by atoms with Crippen LogP contribution in [0.15, 0.2) is 22.7 Å². The average molecular weight is 329 g/mol. The van der Waals surface area contributed by atoms with Crippen LogP contribution < -0.4 is 11.1 Å². The Balaban J connectivity index is 2.53. The minimum Gasteiger partial charge on any atom is -0.444 e. The second kappa shape index (κ2) is 6.39. The van der Waals surface area contributed by atoms with Crippen molar-refractivity contribution in [3.8, 4) is 0 Å². The van der Waals surface area contributed by atoms with Gasteiger partial charge in [0.05, 0.1) is 0 Å². The zero-order valence-corrected chi connectivity index (χ0v) is 13.4. The number of nitrogens with one attached hydrogen (secondary N) is 1. The maximum absolute atomic E-state index is 11.5. The topological polar surface area (TPSA) is 64.3 Å². The lowest BCUT2D eigenvalue weighted by Crippen LogP contribution is -2.36. The first-order valence-corrected chi connectivity index (χ1v) is 6.97. The molecule has 4 nitrogen and oxygen atoms in total. The minimum absolute atomic E-state index is 0.251. The van der Waals surface area contributed by atoms with Gasteiger partial charge in [-0.3, -0.25) is 0 Å². The van der Waals surface area contributed by atoms with Gasteiger partial charge < -0.3 is 15.8 Å². The summed E-state index contributed by atoms with van der Waals surface area (Å²) in [5.74, 6) is 0. The first-order chi connectivity index (χ1) is 8.69. The number of rotatable bonds is 3. The molecule has 0 heterocycles. The summed E-state index contributed by atoms with van der Waals surface area (Å²) in [6.07, 6.45) is -0.447. The SMILES string of the molecule is Cc1cc(C(N)CNC(=O)OC(C)(C)C)ccc1Br. The quantitative estimate of drug-likeness (QED) is 0.894. The molecule has 0 aliphatic rings. The van der Waals surface area contributed by atoms with Gasteiger partial charge in [-0.05, 0) is 44.9 Å². The van der Waals surface area contributed by atoms with Crippen LogP contribution in [0.3, 0.4) is 0 Å². The molecule has 1 aromatic rings. The number of amides is 1. The Kier molecular flexibility index (Phi) is 5.38. The number of alkyl carbamates (subject to hydrolysis) is 1. The van der Waals surface area contributed by atoms with E-state index in [1.54, 1.807) is 0 Å². The summed E-state index contributed by atoms with van der Waals surface area (Å²) in [6, 6.07) is 5.65. The normalized spacial score (nSPS) is 12.9. The molecule has 0 saturated heterocycles. The van der Waals surface area contributed by atoms with Crippen LogP contribution in [0.5, 0.6) is 0 Å². The zero-order valence-electron chi connectivity index (χ0n) is 11.8. The first-order valence-electron chi connectivity index (χ1n) is 6.17. The summed E-state index contributed by atoms with van der Waals surface area (Å²) in [6.45, 7) is 7.82. The number of aryl methyl sites for hydroxylation is 1. The van der Waals surface area contributed by atoms with Crippen molar-refractivity contribution in [2.75, 3.05) is 6.54 Å². The Bertz CT molecular complexity index is 455. The highest BCUT2D eigenvalue weighted by Gasteiger charge is 2.17. The lowest BCUT2D eigenvalue weighted by atomic mass is 10.1. The van der Waals surface area contributed by atoms with Gasteiger partial charge in [0, 0.05) is 17.1 Å². The van der Waals surface area contributed by atoms with Crippen LogP contribution in [-0.4, -0.2) is 18.2 Å². The number of halogens is 1. The maximum atomic E-state index is 11.5. The van der Waals surface area contributed by atoms with Gasteiger partial charge >= 0.3 is 6.09 Å². The van der Waals surface area contributed by atoms with Crippen LogP contribution in [0.4, 0.5) is 4.79 Å². The molecule has 0 bridgehead atoms. The van der Waals surface area contributed by atoms with E-state index in [1.165, 1.54) is 0 Å². The summed E-state index contributed by atoms with van der Waals surface area (Å²) in [5, 5.41) is 2.67. The van der Waals surface area contributed by atoms with E-state index >= 15 is 0 Å². The standard InChI is InChI=1S/C14H21BrN2O2/c1-9-7-10(5-6-11(9)15)12(16)8-17-13(18)19-14(2,3)4/h5-7,12H,8,16H2,1-4H3,(H,17,18). The lowest BCUT2D eigenvalue weighted by Gasteiger charge is -2.21. The minimum atomic E-state index is -0.498. The summed E-state index contributed by atoms with van der Waals surface area (Å²) >= 11 is 3.44. The van der Waals surface area contributed by atoms with E-state index in [1.807, 2.05) is 45.9 Å². The Morgan fingerprint density at radius 2 is 2.11 bits per heavy atom. The molecule has 5 heteroatoms. The van der Waals surface area contributed by atoms with E-state index in [-0.39, 0.29) is 6.04 Å². The van der Waals surface area contributed by atoms with Crippen molar-refractivity contribution in [2.24, 2.45) is 5.73 Å². The van der Waals surface area contributed by atoms with Crippen LogP contribution in [-0.2, 0) is 4.74 Å². The highest BCUT2D eigenvalue weighted by atomic mass is 79.9. The number of benzene rings is 1. The van der Waals surface area contributed by atoms with Gasteiger partial charge in [-0.1, -0.05) is 28.1 Å². The van der Waals surface area contributed by atoms with E-state index in [4.69, 9.17) is 10.5 Å². The molecule has 0 spiro atoms. The summed E-state index contributed by atoms with van der Waals surface area (Å²) in [7, 11) is 0. The van der Waals surface area contributed by atoms with Crippen molar-refractivity contribution in [3.05, 3.63) is 33.8 Å². The van der Waals surface area contributed by atoms with Crippen LogP contribution in [0.2, 0.25) is 0 Å². The van der Waals surface area contributed by atoms with E-state index < -0.39 is 11.7 Å². The van der Waals surface area contributed by atoms with Crippen molar-refractivity contribution in [3.63, 3.8) is 0 Å². The third-order valence-electron chi connectivity index (χ3n) is 2.48. The smallest absolute Gasteiger partial charge is 0.407 e. The maximum Gasteiger partial charge on any atom is 0.407 e. The molecule has 106 valence electrons. The molecule has 0 fully saturated rings.